The topological polar surface area (TPSA) is 38.3 Å². The van der Waals surface area contributed by atoms with Crippen LogP contribution < -0.4 is 5.32 Å². The summed E-state index contributed by atoms with van der Waals surface area (Å²) in [5.41, 5.74) is 0. The Morgan fingerprint density at radius 2 is 1.94 bits per heavy atom. The summed E-state index contributed by atoms with van der Waals surface area (Å²) in [5.74, 6) is 0.798. The Morgan fingerprint density at radius 1 is 1.38 bits per heavy atom. The van der Waals surface area contributed by atoms with Crippen LogP contribution in [0.1, 0.15) is 41.0 Å². The molecule has 0 aliphatic carbocycles. The van der Waals surface area contributed by atoms with Crippen LogP contribution in [0.25, 0.3) is 0 Å². The van der Waals surface area contributed by atoms with Gasteiger partial charge in [-0.05, 0) is 12.2 Å². The van der Waals surface area contributed by atoms with Gasteiger partial charge in [0.05, 0.1) is 7.11 Å². The van der Waals surface area contributed by atoms with E-state index in [-0.39, 0.29) is 16.8 Å². The monoisotopic (exact) mass is 247 g/mol. The van der Waals surface area contributed by atoms with Gasteiger partial charge in [-0.1, -0.05) is 34.6 Å². The van der Waals surface area contributed by atoms with Crippen LogP contribution in [-0.4, -0.2) is 35.7 Å². The van der Waals surface area contributed by atoms with Crippen molar-refractivity contribution in [2.75, 3.05) is 12.9 Å². The smallest absolute Gasteiger partial charge is 0.322 e. The molecule has 1 unspecified atom stereocenters. The fourth-order valence-electron chi connectivity index (χ4n) is 1.30. The van der Waals surface area contributed by atoms with Gasteiger partial charge in [-0.3, -0.25) is 4.79 Å². The zero-order valence-electron chi connectivity index (χ0n) is 11.3. The molecular weight excluding hydrogens is 222 g/mol. The average Bonchev–Trinajstić information content (AvgIpc) is 2.12. The average molecular weight is 247 g/mol. The highest BCUT2D eigenvalue weighted by molar-refractivity contribution is 8.00. The third-order valence-electron chi connectivity index (χ3n) is 1.96. The van der Waals surface area contributed by atoms with Crippen molar-refractivity contribution in [3.05, 3.63) is 0 Å². The van der Waals surface area contributed by atoms with E-state index in [1.165, 1.54) is 7.11 Å². The molecule has 3 nitrogen and oxygen atoms in total. The van der Waals surface area contributed by atoms with Crippen LogP contribution in [0.15, 0.2) is 0 Å². The van der Waals surface area contributed by atoms with Gasteiger partial charge in [-0.25, -0.2) is 0 Å². The molecule has 0 bridgehead atoms. The molecular formula is C12H25NO2S. The van der Waals surface area contributed by atoms with Crippen molar-refractivity contribution in [3.8, 4) is 0 Å². The molecule has 0 fully saturated rings. The SMILES string of the molecule is COC(=O)C(CCSC(C)(C)C)NC(C)C. The van der Waals surface area contributed by atoms with E-state index in [1.54, 1.807) is 0 Å². The maximum atomic E-state index is 11.5. The second kappa shape index (κ2) is 7.17. The lowest BCUT2D eigenvalue weighted by atomic mass is 10.2. The second-order valence-electron chi connectivity index (χ2n) is 5.15. The van der Waals surface area contributed by atoms with Gasteiger partial charge in [0.2, 0.25) is 0 Å². The van der Waals surface area contributed by atoms with Crippen molar-refractivity contribution in [2.24, 2.45) is 0 Å². The van der Waals surface area contributed by atoms with E-state index >= 15 is 0 Å². The Bertz CT molecular complexity index is 212. The van der Waals surface area contributed by atoms with Crippen LogP contribution in [-0.2, 0) is 9.53 Å². The first-order valence-corrected chi connectivity index (χ1v) is 6.72. The first-order valence-electron chi connectivity index (χ1n) is 5.74. The van der Waals surface area contributed by atoms with Gasteiger partial charge in [-0.2, -0.15) is 11.8 Å². The summed E-state index contributed by atoms with van der Waals surface area (Å²) in [6.07, 6.45) is 0.812. The molecule has 0 aliphatic heterocycles. The van der Waals surface area contributed by atoms with Gasteiger partial charge in [0.15, 0.2) is 0 Å². The number of carbonyl (C=O) groups is 1. The molecule has 1 atom stereocenters. The van der Waals surface area contributed by atoms with Crippen molar-refractivity contribution in [3.63, 3.8) is 0 Å². The van der Waals surface area contributed by atoms with Crippen molar-refractivity contribution < 1.29 is 9.53 Å². The number of hydrogen-bond donors (Lipinski definition) is 1. The lowest BCUT2D eigenvalue weighted by Gasteiger charge is -2.22. The van der Waals surface area contributed by atoms with Gasteiger partial charge >= 0.3 is 5.97 Å². The molecule has 0 aromatic heterocycles. The highest BCUT2D eigenvalue weighted by Crippen LogP contribution is 2.24. The molecule has 0 amide bonds. The van der Waals surface area contributed by atoms with E-state index in [0.717, 1.165) is 12.2 Å². The minimum Gasteiger partial charge on any atom is -0.468 e. The van der Waals surface area contributed by atoms with Crippen molar-refractivity contribution >= 4 is 17.7 Å². The third-order valence-corrected chi connectivity index (χ3v) is 3.27. The number of esters is 1. The van der Waals surface area contributed by atoms with E-state index in [4.69, 9.17) is 4.74 Å². The van der Waals surface area contributed by atoms with Crippen LogP contribution >= 0.6 is 11.8 Å². The van der Waals surface area contributed by atoms with Crippen LogP contribution in [0.4, 0.5) is 0 Å². The molecule has 1 N–H and O–H groups in total. The number of methoxy groups -OCH3 is 1. The summed E-state index contributed by atoms with van der Waals surface area (Å²) in [4.78, 5) is 11.5. The Balaban J connectivity index is 4.07. The number of rotatable bonds is 6. The van der Waals surface area contributed by atoms with Gasteiger partial charge < -0.3 is 10.1 Å². The summed E-state index contributed by atoms with van der Waals surface area (Å²) in [6.45, 7) is 10.6. The highest BCUT2D eigenvalue weighted by atomic mass is 32.2. The molecule has 0 rings (SSSR count). The molecule has 0 spiro atoms. The van der Waals surface area contributed by atoms with Crippen molar-refractivity contribution in [2.45, 2.75) is 57.9 Å². The van der Waals surface area contributed by atoms with Crippen molar-refractivity contribution in [1.82, 2.24) is 5.32 Å². The van der Waals surface area contributed by atoms with E-state index in [2.05, 4.69) is 26.1 Å². The van der Waals surface area contributed by atoms with E-state index in [0.29, 0.717) is 6.04 Å². The maximum Gasteiger partial charge on any atom is 0.322 e. The summed E-state index contributed by atoms with van der Waals surface area (Å²) in [6, 6.07) is 0.114. The van der Waals surface area contributed by atoms with E-state index < -0.39 is 0 Å². The first kappa shape index (κ1) is 15.8. The molecule has 16 heavy (non-hydrogen) atoms. The van der Waals surface area contributed by atoms with Crippen LogP contribution in [0.3, 0.4) is 0 Å². The van der Waals surface area contributed by atoms with E-state index in [9.17, 15) is 4.79 Å². The molecule has 0 radical (unpaired) electrons. The van der Waals surface area contributed by atoms with Crippen LogP contribution in [0.2, 0.25) is 0 Å². The fourth-order valence-corrected chi connectivity index (χ4v) is 2.26. The summed E-state index contributed by atoms with van der Waals surface area (Å²) < 4.78 is 5.03. The first-order chi connectivity index (χ1) is 7.26. The van der Waals surface area contributed by atoms with Gasteiger partial charge in [0.25, 0.3) is 0 Å². The number of hydrogen-bond acceptors (Lipinski definition) is 4. The Morgan fingerprint density at radius 3 is 2.31 bits per heavy atom. The Kier molecular flexibility index (Phi) is 7.07. The van der Waals surface area contributed by atoms with Crippen LogP contribution in [0, 0.1) is 0 Å². The zero-order chi connectivity index (χ0) is 12.8. The lowest BCUT2D eigenvalue weighted by Crippen LogP contribution is -2.42. The van der Waals surface area contributed by atoms with Gasteiger partial charge in [0.1, 0.15) is 6.04 Å². The largest absolute Gasteiger partial charge is 0.468 e. The molecule has 0 aromatic rings. The van der Waals surface area contributed by atoms with Crippen LogP contribution in [0.5, 0.6) is 0 Å². The fraction of sp³-hybridized carbons (Fsp3) is 0.917. The second-order valence-corrected chi connectivity index (χ2v) is 7.07. The minimum absolute atomic E-state index is 0.164. The predicted molar refractivity (Wildman–Crippen MR) is 70.9 cm³/mol. The molecule has 96 valence electrons. The molecule has 0 aliphatic rings. The number of carbonyl (C=O) groups excluding carboxylic acids is 1. The summed E-state index contributed by atoms with van der Waals surface area (Å²) in [7, 11) is 1.44. The van der Waals surface area contributed by atoms with Gasteiger partial charge in [0, 0.05) is 10.8 Å². The predicted octanol–water partition coefficient (Wildman–Crippen LogP) is 2.45. The van der Waals surface area contributed by atoms with E-state index in [1.807, 2.05) is 25.6 Å². The maximum absolute atomic E-state index is 11.5. The quantitative estimate of drug-likeness (QED) is 0.732. The summed E-state index contributed by atoms with van der Waals surface area (Å²) >= 11 is 1.87. The van der Waals surface area contributed by atoms with Gasteiger partial charge in [-0.15, -0.1) is 0 Å². The molecule has 0 aromatic carbocycles. The Labute approximate surface area is 104 Å². The molecule has 0 saturated heterocycles. The minimum atomic E-state index is -0.181. The summed E-state index contributed by atoms with van der Waals surface area (Å²) in [5, 5.41) is 3.23. The highest BCUT2D eigenvalue weighted by Gasteiger charge is 2.20. The number of nitrogens with one attached hydrogen (secondary N) is 1. The molecule has 0 heterocycles. The lowest BCUT2D eigenvalue weighted by molar-refractivity contribution is -0.143. The number of ether oxygens (including phenoxy) is 1. The standard InChI is InChI=1S/C12H25NO2S/c1-9(2)13-10(11(14)15-6)7-8-16-12(3,4)5/h9-10,13H,7-8H2,1-6H3. The zero-order valence-corrected chi connectivity index (χ0v) is 12.1. The molecule has 0 saturated carbocycles. The third kappa shape index (κ3) is 7.99. The van der Waals surface area contributed by atoms with Crippen molar-refractivity contribution in [1.29, 1.82) is 0 Å². The normalized spacial score (nSPS) is 13.9. The Hall–Kier alpha value is -0.220. The molecule has 4 heteroatoms. The number of thioether (sulfide) groups is 1.